The topological polar surface area (TPSA) is 89.1 Å². The molecule has 74 valence electrons. The predicted molar refractivity (Wildman–Crippen MR) is 52.9 cm³/mol. The number of carboxylic acids is 1. The second-order valence-electron chi connectivity index (χ2n) is 3.04. The molecule has 1 atom stereocenters. The average molecular weight is 211 g/mol. The van der Waals surface area contributed by atoms with Gasteiger partial charge in [-0.2, -0.15) is 0 Å². The molecule has 0 bridgehead atoms. The summed E-state index contributed by atoms with van der Waals surface area (Å²) in [5.74, 6) is 0.0644. The number of carboxylic acid groups (broad SMARTS) is 1. The van der Waals surface area contributed by atoms with E-state index in [-0.39, 0.29) is 11.2 Å². The van der Waals surface area contributed by atoms with Crippen LogP contribution >= 0.6 is 11.8 Å². The summed E-state index contributed by atoms with van der Waals surface area (Å²) in [6.07, 6.45) is 2.10. The first-order valence-electron chi connectivity index (χ1n) is 4.11. The molecule has 1 aromatic rings. The Balaban J connectivity index is 2.27. The molecule has 0 amide bonds. The molecule has 0 fully saturated rings. The first-order valence-corrected chi connectivity index (χ1v) is 5.16. The van der Waals surface area contributed by atoms with Gasteiger partial charge in [0.25, 0.3) is 0 Å². The van der Waals surface area contributed by atoms with Crippen molar-refractivity contribution < 1.29 is 9.90 Å². The summed E-state index contributed by atoms with van der Waals surface area (Å²) < 4.78 is 0. The summed E-state index contributed by atoms with van der Waals surface area (Å²) in [6, 6.07) is 0. The van der Waals surface area contributed by atoms with E-state index in [4.69, 9.17) is 10.8 Å². The summed E-state index contributed by atoms with van der Waals surface area (Å²) in [4.78, 5) is 18.7. The molecule has 1 aromatic heterocycles. The van der Waals surface area contributed by atoms with Crippen LogP contribution in [-0.2, 0) is 17.0 Å². The lowest BCUT2D eigenvalue weighted by Crippen LogP contribution is -2.24. The zero-order valence-electron chi connectivity index (χ0n) is 7.30. The van der Waals surface area contributed by atoms with E-state index in [1.165, 1.54) is 11.8 Å². The molecule has 6 heteroatoms. The van der Waals surface area contributed by atoms with Gasteiger partial charge in [0.15, 0.2) is 0 Å². The molecule has 3 N–H and O–H groups in total. The molecule has 1 aliphatic rings. The van der Waals surface area contributed by atoms with Gasteiger partial charge in [0.1, 0.15) is 5.25 Å². The van der Waals surface area contributed by atoms with Crippen molar-refractivity contribution in [3.8, 4) is 0 Å². The van der Waals surface area contributed by atoms with Crippen LogP contribution in [0.1, 0.15) is 11.3 Å². The Morgan fingerprint density at radius 3 is 3.21 bits per heavy atom. The summed E-state index contributed by atoms with van der Waals surface area (Å²) in [5, 5.41) is 8.45. The number of anilines is 1. The van der Waals surface area contributed by atoms with Crippen molar-refractivity contribution in [3.63, 3.8) is 0 Å². The quantitative estimate of drug-likeness (QED) is 0.694. The van der Waals surface area contributed by atoms with Gasteiger partial charge in [-0.1, -0.05) is 0 Å². The van der Waals surface area contributed by atoms with E-state index in [1.807, 2.05) is 0 Å². The number of nitrogens with zero attached hydrogens (tertiary/aromatic N) is 2. The minimum Gasteiger partial charge on any atom is -0.480 e. The molecule has 0 aromatic carbocycles. The molecule has 2 heterocycles. The summed E-state index contributed by atoms with van der Waals surface area (Å²) in [6.45, 7) is 0. The fourth-order valence-corrected chi connectivity index (χ4v) is 2.40. The Morgan fingerprint density at radius 1 is 1.71 bits per heavy atom. The van der Waals surface area contributed by atoms with Crippen LogP contribution in [0.4, 0.5) is 5.95 Å². The Hall–Kier alpha value is -1.30. The van der Waals surface area contributed by atoms with Crippen LogP contribution in [0.15, 0.2) is 6.20 Å². The predicted octanol–water partition coefficient (Wildman–Crippen LogP) is 0.301. The van der Waals surface area contributed by atoms with Gasteiger partial charge >= 0.3 is 5.97 Å². The van der Waals surface area contributed by atoms with Gasteiger partial charge in [-0.05, 0) is 12.0 Å². The van der Waals surface area contributed by atoms with Crippen molar-refractivity contribution >= 4 is 23.7 Å². The number of fused-ring (bicyclic) bond motifs is 1. The van der Waals surface area contributed by atoms with Crippen molar-refractivity contribution in [1.29, 1.82) is 0 Å². The molecular formula is C8H9N3O2S. The molecule has 0 saturated carbocycles. The maximum atomic E-state index is 10.7. The second kappa shape index (κ2) is 3.45. The third-order valence-electron chi connectivity index (χ3n) is 2.07. The van der Waals surface area contributed by atoms with Gasteiger partial charge in [0.2, 0.25) is 5.95 Å². The smallest absolute Gasteiger partial charge is 0.316 e. The Kier molecular flexibility index (Phi) is 2.28. The molecule has 0 radical (unpaired) electrons. The number of thioether (sulfide) groups is 1. The van der Waals surface area contributed by atoms with Crippen LogP contribution < -0.4 is 5.73 Å². The normalized spacial score (nSPS) is 20.1. The van der Waals surface area contributed by atoms with E-state index >= 15 is 0 Å². The molecule has 0 unspecified atom stereocenters. The van der Waals surface area contributed by atoms with Crippen molar-refractivity contribution in [2.24, 2.45) is 0 Å². The van der Waals surface area contributed by atoms with E-state index in [0.717, 1.165) is 11.3 Å². The second-order valence-corrected chi connectivity index (χ2v) is 4.23. The van der Waals surface area contributed by atoms with Crippen LogP contribution in [-0.4, -0.2) is 26.3 Å². The molecule has 0 aliphatic carbocycles. The number of aliphatic carboxylic acids is 1. The van der Waals surface area contributed by atoms with E-state index in [2.05, 4.69) is 9.97 Å². The first kappa shape index (κ1) is 9.26. The molecule has 0 saturated heterocycles. The molecule has 0 spiro atoms. The molecule has 14 heavy (non-hydrogen) atoms. The van der Waals surface area contributed by atoms with Crippen LogP contribution in [0.25, 0.3) is 0 Å². The highest BCUT2D eigenvalue weighted by molar-refractivity contribution is 7.99. The maximum Gasteiger partial charge on any atom is 0.316 e. The lowest BCUT2D eigenvalue weighted by atomic mass is 10.1. The number of nitrogens with two attached hydrogens (primary N) is 1. The number of aromatic nitrogens is 2. The van der Waals surface area contributed by atoms with Gasteiger partial charge in [0.05, 0.1) is 5.69 Å². The Morgan fingerprint density at radius 2 is 2.50 bits per heavy atom. The van der Waals surface area contributed by atoms with Crippen LogP contribution in [0.3, 0.4) is 0 Å². The lowest BCUT2D eigenvalue weighted by Gasteiger charge is -2.19. The number of hydrogen-bond donors (Lipinski definition) is 2. The zero-order valence-corrected chi connectivity index (χ0v) is 8.12. The zero-order chi connectivity index (χ0) is 10.1. The fraction of sp³-hybridized carbons (Fsp3) is 0.375. The van der Waals surface area contributed by atoms with E-state index in [1.54, 1.807) is 6.20 Å². The van der Waals surface area contributed by atoms with Gasteiger partial charge in [0, 0.05) is 11.9 Å². The molecular weight excluding hydrogens is 202 g/mol. The van der Waals surface area contributed by atoms with Crippen molar-refractivity contribution in [2.75, 3.05) is 5.73 Å². The maximum absolute atomic E-state index is 10.7. The molecule has 1 aliphatic heterocycles. The highest BCUT2D eigenvalue weighted by Crippen LogP contribution is 2.28. The number of carbonyl (C=O) groups is 1. The van der Waals surface area contributed by atoms with E-state index < -0.39 is 5.97 Å². The SMILES string of the molecule is Nc1ncc2c(n1)CS[C@@H](C(=O)O)C2. The van der Waals surface area contributed by atoms with Crippen molar-refractivity contribution in [3.05, 3.63) is 17.5 Å². The number of nitrogen functional groups attached to an aromatic ring is 1. The third-order valence-corrected chi connectivity index (χ3v) is 3.29. The Bertz CT molecular complexity index is 383. The van der Waals surface area contributed by atoms with E-state index in [9.17, 15) is 4.79 Å². The summed E-state index contributed by atoms with van der Waals surface area (Å²) >= 11 is 1.38. The third kappa shape index (κ3) is 1.65. The van der Waals surface area contributed by atoms with E-state index in [0.29, 0.717) is 12.2 Å². The highest BCUT2D eigenvalue weighted by Gasteiger charge is 2.25. The standard InChI is InChI=1S/C8H9N3O2S/c9-8-10-2-4-1-6(7(12)13)14-3-5(4)11-8/h2,6H,1,3H2,(H,12,13)(H2,9,10,11)/t6-/m1/s1. The first-order chi connectivity index (χ1) is 6.66. The summed E-state index contributed by atoms with van der Waals surface area (Å²) in [7, 11) is 0. The Labute approximate surface area is 84.7 Å². The van der Waals surface area contributed by atoms with Crippen LogP contribution in [0, 0.1) is 0 Å². The fourth-order valence-electron chi connectivity index (χ4n) is 1.35. The van der Waals surface area contributed by atoms with Crippen LogP contribution in [0.2, 0.25) is 0 Å². The van der Waals surface area contributed by atoms with Gasteiger partial charge in [-0.15, -0.1) is 11.8 Å². The highest BCUT2D eigenvalue weighted by atomic mass is 32.2. The van der Waals surface area contributed by atoms with Crippen LogP contribution in [0.5, 0.6) is 0 Å². The number of rotatable bonds is 1. The van der Waals surface area contributed by atoms with Crippen molar-refractivity contribution in [2.45, 2.75) is 17.4 Å². The number of hydrogen-bond acceptors (Lipinski definition) is 5. The summed E-state index contributed by atoms with van der Waals surface area (Å²) in [5.41, 5.74) is 7.18. The van der Waals surface area contributed by atoms with Gasteiger partial charge < -0.3 is 10.8 Å². The largest absolute Gasteiger partial charge is 0.480 e. The average Bonchev–Trinajstić information content (AvgIpc) is 2.16. The molecule has 2 rings (SSSR count). The van der Waals surface area contributed by atoms with Gasteiger partial charge in [-0.25, -0.2) is 9.97 Å². The minimum atomic E-state index is -0.780. The lowest BCUT2D eigenvalue weighted by molar-refractivity contribution is -0.136. The van der Waals surface area contributed by atoms with Gasteiger partial charge in [-0.3, -0.25) is 4.79 Å². The van der Waals surface area contributed by atoms with Crippen molar-refractivity contribution in [1.82, 2.24) is 9.97 Å². The monoisotopic (exact) mass is 211 g/mol. The molecule has 5 nitrogen and oxygen atoms in total. The minimum absolute atomic E-state index is 0.248.